The summed E-state index contributed by atoms with van der Waals surface area (Å²) in [5, 5.41) is 0. The van der Waals surface area contributed by atoms with Crippen LogP contribution in [0.4, 0.5) is 23.7 Å². The van der Waals surface area contributed by atoms with Crippen molar-refractivity contribution in [1.82, 2.24) is 9.80 Å². The first kappa shape index (κ1) is 28.9. The molecule has 10 heteroatoms. The van der Waals surface area contributed by atoms with E-state index >= 15 is 0 Å². The predicted octanol–water partition coefficient (Wildman–Crippen LogP) is 6.55. The third-order valence-corrected chi connectivity index (χ3v) is 7.78. The Labute approximate surface area is 231 Å². The summed E-state index contributed by atoms with van der Waals surface area (Å²) in [6, 6.07) is 11.5. The first-order valence-corrected chi connectivity index (χ1v) is 13.8. The van der Waals surface area contributed by atoms with E-state index in [9.17, 15) is 22.8 Å². The molecule has 2 heterocycles. The Hall–Kier alpha value is -3.14. The summed E-state index contributed by atoms with van der Waals surface area (Å²) in [7, 11) is 0. The van der Waals surface area contributed by atoms with Crippen LogP contribution in [0, 0.1) is 0 Å². The molecule has 6 nitrogen and oxygen atoms in total. The highest BCUT2D eigenvalue weighted by atomic mass is 32.2. The van der Waals surface area contributed by atoms with Gasteiger partial charge in [-0.05, 0) is 63.4 Å². The number of anilines is 1. The van der Waals surface area contributed by atoms with Crippen LogP contribution >= 0.6 is 11.8 Å². The average molecular weight is 562 g/mol. The molecule has 2 aliphatic rings. The molecule has 2 fully saturated rings. The molecule has 2 aliphatic heterocycles. The molecule has 0 bridgehead atoms. The maximum Gasteiger partial charge on any atom is 0.417 e. The molecule has 2 aromatic rings. The monoisotopic (exact) mass is 561 g/mol. The summed E-state index contributed by atoms with van der Waals surface area (Å²) in [5.41, 5.74) is -0.388. The Kier molecular flexibility index (Phi) is 8.54. The van der Waals surface area contributed by atoms with Crippen molar-refractivity contribution >= 4 is 35.0 Å². The number of rotatable bonds is 5. The zero-order valence-corrected chi connectivity index (χ0v) is 23.3. The van der Waals surface area contributed by atoms with Crippen molar-refractivity contribution in [3.05, 3.63) is 60.2 Å². The van der Waals surface area contributed by atoms with E-state index in [0.29, 0.717) is 0 Å². The van der Waals surface area contributed by atoms with Crippen LogP contribution in [-0.2, 0) is 15.7 Å². The van der Waals surface area contributed by atoms with E-state index in [0.717, 1.165) is 54.3 Å². The molecule has 39 heavy (non-hydrogen) atoms. The number of para-hydroxylation sites is 1. The fraction of sp³-hybridized carbons (Fsp3) is 0.448. The molecule has 0 radical (unpaired) electrons. The molecule has 0 unspecified atom stereocenters. The summed E-state index contributed by atoms with van der Waals surface area (Å²) in [6.45, 7) is 12.0. The van der Waals surface area contributed by atoms with Gasteiger partial charge in [-0.15, -0.1) is 0 Å². The zero-order chi connectivity index (χ0) is 28.4. The lowest BCUT2D eigenvalue weighted by Gasteiger charge is -2.36. The largest absolute Gasteiger partial charge is 0.444 e. The first-order valence-electron chi connectivity index (χ1n) is 13.0. The summed E-state index contributed by atoms with van der Waals surface area (Å²) < 4.78 is 47.9. The standard InChI is InChI=1S/C29H34F3N3O3S/c1-20(26(36)34-15-17-35(18-16-34)27(37)38-28(2,3)4)21-11-12-24(22(19-21)29(30,31)32)39-25-10-6-5-9-23(25)33-13-7-8-14-33/h5-6,9-12,19H,1,7-8,13-18H2,2-4H3. The molecule has 2 saturated heterocycles. The van der Waals surface area contributed by atoms with Crippen LogP contribution in [0.1, 0.15) is 44.7 Å². The molecule has 0 aromatic heterocycles. The molecule has 0 saturated carbocycles. The minimum Gasteiger partial charge on any atom is -0.444 e. The van der Waals surface area contributed by atoms with Crippen LogP contribution in [0.15, 0.2) is 58.8 Å². The van der Waals surface area contributed by atoms with Gasteiger partial charge in [0, 0.05) is 54.6 Å². The number of piperazine rings is 1. The Bertz CT molecular complexity index is 1230. The van der Waals surface area contributed by atoms with Gasteiger partial charge in [0.25, 0.3) is 5.91 Å². The highest BCUT2D eigenvalue weighted by Gasteiger charge is 2.35. The Morgan fingerprint density at radius 3 is 2.10 bits per heavy atom. The van der Waals surface area contributed by atoms with Gasteiger partial charge in [-0.1, -0.05) is 36.5 Å². The second-order valence-electron chi connectivity index (χ2n) is 10.7. The maximum atomic E-state index is 14.2. The van der Waals surface area contributed by atoms with E-state index in [2.05, 4.69) is 11.5 Å². The van der Waals surface area contributed by atoms with Crippen molar-refractivity contribution in [2.75, 3.05) is 44.2 Å². The highest BCUT2D eigenvalue weighted by Crippen LogP contribution is 2.43. The molecule has 0 aliphatic carbocycles. The number of amides is 2. The Balaban J connectivity index is 1.49. The van der Waals surface area contributed by atoms with Gasteiger partial charge in [0.2, 0.25) is 0 Å². The Morgan fingerprint density at radius 1 is 0.872 bits per heavy atom. The maximum absolute atomic E-state index is 14.2. The van der Waals surface area contributed by atoms with Gasteiger partial charge in [-0.25, -0.2) is 4.79 Å². The van der Waals surface area contributed by atoms with Crippen LogP contribution in [0.5, 0.6) is 0 Å². The number of nitrogens with zero attached hydrogens (tertiary/aromatic N) is 3. The second kappa shape index (κ2) is 11.5. The van der Waals surface area contributed by atoms with Gasteiger partial charge in [0.1, 0.15) is 5.60 Å². The number of ether oxygens (including phenoxy) is 1. The lowest BCUT2D eigenvalue weighted by atomic mass is 10.0. The smallest absolute Gasteiger partial charge is 0.417 e. The molecule has 0 spiro atoms. The fourth-order valence-corrected chi connectivity index (χ4v) is 5.75. The van der Waals surface area contributed by atoms with Gasteiger partial charge in [0.15, 0.2) is 0 Å². The average Bonchev–Trinajstić information content (AvgIpc) is 3.42. The van der Waals surface area contributed by atoms with Crippen LogP contribution in [0.3, 0.4) is 0 Å². The highest BCUT2D eigenvalue weighted by molar-refractivity contribution is 7.99. The summed E-state index contributed by atoms with van der Waals surface area (Å²) in [4.78, 5) is 31.5. The summed E-state index contributed by atoms with van der Waals surface area (Å²) in [5.74, 6) is -0.452. The van der Waals surface area contributed by atoms with Gasteiger partial charge >= 0.3 is 12.3 Å². The topological polar surface area (TPSA) is 53.1 Å². The fourth-order valence-electron chi connectivity index (χ4n) is 4.64. The number of benzene rings is 2. The molecule has 4 rings (SSSR count). The normalized spacial score (nSPS) is 16.4. The van der Waals surface area contributed by atoms with Crippen molar-refractivity contribution < 1.29 is 27.5 Å². The first-order chi connectivity index (χ1) is 18.3. The summed E-state index contributed by atoms with van der Waals surface area (Å²) >= 11 is 1.08. The van der Waals surface area contributed by atoms with Crippen molar-refractivity contribution in [2.24, 2.45) is 0 Å². The van der Waals surface area contributed by atoms with Crippen molar-refractivity contribution in [2.45, 2.75) is 55.2 Å². The van der Waals surface area contributed by atoms with E-state index in [-0.39, 0.29) is 42.2 Å². The molecule has 0 N–H and O–H groups in total. The van der Waals surface area contributed by atoms with Crippen molar-refractivity contribution in [3.8, 4) is 0 Å². The molecule has 210 valence electrons. The van der Waals surface area contributed by atoms with Gasteiger partial charge in [-0.2, -0.15) is 13.2 Å². The van der Waals surface area contributed by atoms with Crippen molar-refractivity contribution in [1.29, 1.82) is 0 Å². The lowest BCUT2D eigenvalue weighted by Crippen LogP contribution is -2.51. The number of alkyl halides is 3. The lowest BCUT2D eigenvalue weighted by molar-refractivity contribution is -0.139. The van der Waals surface area contributed by atoms with Crippen LogP contribution < -0.4 is 4.90 Å². The molecule has 2 amide bonds. The number of hydrogen-bond acceptors (Lipinski definition) is 5. The van der Waals surface area contributed by atoms with Gasteiger partial charge in [0.05, 0.1) is 11.3 Å². The van der Waals surface area contributed by atoms with Gasteiger partial charge in [-0.3, -0.25) is 4.79 Å². The predicted molar refractivity (Wildman–Crippen MR) is 147 cm³/mol. The number of carbonyl (C=O) groups excluding carboxylic acids is 2. The third-order valence-electron chi connectivity index (χ3n) is 6.64. The molecule has 2 aromatic carbocycles. The molecule has 0 atom stereocenters. The van der Waals surface area contributed by atoms with E-state index in [1.807, 2.05) is 24.3 Å². The number of hydrogen-bond donors (Lipinski definition) is 0. The van der Waals surface area contributed by atoms with Crippen LogP contribution in [0.25, 0.3) is 5.57 Å². The van der Waals surface area contributed by atoms with E-state index in [4.69, 9.17) is 4.74 Å². The van der Waals surface area contributed by atoms with Crippen molar-refractivity contribution in [3.63, 3.8) is 0 Å². The van der Waals surface area contributed by atoms with Crippen LogP contribution in [-0.4, -0.2) is 66.7 Å². The van der Waals surface area contributed by atoms with E-state index < -0.39 is 29.3 Å². The summed E-state index contributed by atoms with van der Waals surface area (Å²) in [6.07, 6.45) is -2.94. The SMILES string of the molecule is C=C(C(=O)N1CCN(C(=O)OC(C)(C)C)CC1)c1ccc(Sc2ccccc2N2CCCC2)c(C(F)(F)F)c1. The quantitative estimate of drug-likeness (QED) is 0.388. The minimum atomic E-state index is -4.61. The molecular weight excluding hydrogens is 527 g/mol. The second-order valence-corrected chi connectivity index (χ2v) is 11.8. The number of halogens is 3. The number of carbonyl (C=O) groups is 2. The third kappa shape index (κ3) is 7.09. The zero-order valence-electron chi connectivity index (χ0n) is 22.5. The van der Waals surface area contributed by atoms with E-state index in [1.54, 1.807) is 20.8 Å². The minimum absolute atomic E-state index is 0.0137. The van der Waals surface area contributed by atoms with E-state index in [1.165, 1.54) is 21.9 Å². The van der Waals surface area contributed by atoms with Gasteiger partial charge < -0.3 is 19.4 Å². The Morgan fingerprint density at radius 2 is 1.49 bits per heavy atom. The van der Waals surface area contributed by atoms with Crippen LogP contribution in [0.2, 0.25) is 0 Å². The molecular formula is C29H34F3N3O3S.